The molecule has 0 atom stereocenters. The lowest BCUT2D eigenvalue weighted by atomic mass is 9.85. The van der Waals surface area contributed by atoms with Crippen molar-refractivity contribution in [1.29, 1.82) is 0 Å². The summed E-state index contributed by atoms with van der Waals surface area (Å²) < 4.78 is 12.5. The van der Waals surface area contributed by atoms with E-state index in [1.54, 1.807) is 7.11 Å². The second-order valence-electron chi connectivity index (χ2n) is 8.13. The van der Waals surface area contributed by atoms with Gasteiger partial charge < -0.3 is 19.1 Å². The maximum atomic E-state index is 12.7. The van der Waals surface area contributed by atoms with Crippen LogP contribution in [0.2, 0.25) is 0 Å². The van der Waals surface area contributed by atoms with Crippen LogP contribution in [-0.2, 0) is 22.5 Å². The van der Waals surface area contributed by atoms with Crippen molar-refractivity contribution in [3.8, 4) is 5.75 Å². The molecule has 0 amide bonds. The molecule has 0 radical (unpaired) electrons. The molecule has 0 spiro atoms. The van der Waals surface area contributed by atoms with Gasteiger partial charge in [0.1, 0.15) is 5.75 Å². The number of carbonyl (C=O) groups excluding carboxylic acids is 2. The Morgan fingerprint density at radius 1 is 1.10 bits per heavy atom. The number of aliphatic hydroxyl groups is 1. The summed E-state index contributed by atoms with van der Waals surface area (Å²) in [6, 6.07) is 9.79. The van der Waals surface area contributed by atoms with Gasteiger partial charge >= 0.3 is 5.97 Å². The molecule has 1 N–H and O–H groups in total. The zero-order chi connectivity index (χ0) is 21.7. The van der Waals surface area contributed by atoms with Gasteiger partial charge in [-0.1, -0.05) is 18.6 Å². The van der Waals surface area contributed by atoms with Gasteiger partial charge in [0.15, 0.2) is 12.2 Å². The van der Waals surface area contributed by atoms with E-state index in [2.05, 4.69) is 4.57 Å². The van der Waals surface area contributed by atoms with E-state index in [4.69, 9.17) is 9.47 Å². The summed E-state index contributed by atoms with van der Waals surface area (Å²) >= 11 is 0. The Hall–Kier alpha value is -2.60. The highest BCUT2D eigenvalue weighted by molar-refractivity contribution is 5.99. The molecular formula is C24H31NO5. The van der Waals surface area contributed by atoms with Crippen LogP contribution in [0.1, 0.15) is 59.4 Å². The Labute approximate surface area is 177 Å². The number of esters is 1. The summed E-state index contributed by atoms with van der Waals surface area (Å²) in [5.41, 5.74) is 2.16. The molecule has 1 fully saturated rings. The molecule has 1 aliphatic carbocycles. The van der Waals surface area contributed by atoms with Gasteiger partial charge in [-0.05, 0) is 69.7 Å². The molecule has 1 aromatic carbocycles. The summed E-state index contributed by atoms with van der Waals surface area (Å²) in [5, 5.41) is 10.4. The highest BCUT2D eigenvalue weighted by atomic mass is 16.6. The standard InChI is InChI=1S/C24H31NO5/c1-17-15-21(22(26)16-30-23(27)24(28)12-5-4-6-13-24)18(2)25(17)14-11-19-7-9-20(29-3)10-8-19/h7-10,15,28H,4-6,11-14,16H2,1-3H3. The van der Waals surface area contributed by atoms with Gasteiger partial charge in [-0.3, -0.25) is 4.79 Å². The Balaban J connectivity index is 1.60. The number of aromatic nitrogens is 1. The summed E-state index contributed by atoms with van der Waals surface area (Å²) in [7, 11) is 1.65. The van der Waals surface area contributed by atoms with Crippen molar-refractivity contribution in [2.45, 2.75) is 64.5 Å². The monoisotopic (exact) mass is 413 g/mol. The molecule has 1 aliphatic rings. The number of ketones is 1. The van der Waals surface area contributed by atoms with Crippen molar-refractivity contribution in [3.05, 3.63) is 52.8 Å². The van der Waals surface area contributed by atoms with Crippen LogP contribution in [0.15, 0.2) is 30.3 Å². The van der Waals surface area contributed by atoms with Crippen LogP contribution in [0.3, 0.4) is 0 Å². The van der Waals surface area contributed by atoms with Crippen LogP contribution in [0, 0.1) is 13.8 Å². The lowest BCUT2D eigenvalue weighted by Crippen LogP contribution is -2.42. The highest BCUT2D eigenvalue weighted by Crippen LogP contribution is 2.29. The fourth-order valence-electron chi connectivity index (χ4n) is 4.14. The molecule has 0 bridgehead atoms. The van der Waals surface area contributed by atoms with E-state index < -0.39 is 11.6 Å². The zero-order valence-corrected chi connectivity index (χ0v) is 18.1. The first kappa shape index (κ1) is 22.1. The number of aryl methyl sites for hydroxylation is 2. The van der Waals surface area contributed by atoms with E-state index in [-0.39, 0.29) is 12.4 Å². The molecule has 0 unspecified atom stereocenters. The maximum Gasteiger partial charge on any atom is 0.338 e. The number of nitrogens with zero attached hydrogens (tertiary/aromatic N) is 1. The lowest BCUT2D eigenvalue weighted by molar-refractivity contribution is -0.167. The summed E-state index contributed by atoms with van der Waals surface area (Å²) in [6.45, 7) is 4.28. The molecule has 1 heterocycles. The molecule has 0 aliphatic heterocycles. The molecule has 1 aromatic heterocycles. The topological polar surface area (TPSA) is 77.8 Å². The lowest BCUT2D eigenvalue weighted by Gasteiger charge is -2.29. The van der Waals surface area contributed by atoms with Crippen molar-refractivity contribution < 1.29 is 24.2 Å². The van der Waals surface area contributed by atoms with Crippen LogP contribution in [0.4, 0.5) is 0 Å². The van der Waals surface area contributed by atoms with Crippen molar-refractivity contribution >= 4 is 11.8 Å². The number of Topliss-reactive ketones (excluding diaryl/α,β-unsaturated/α-hetero) is 1. The highest BCUT2D eigenvalue weighted by Gasteiger charge is 2.39. The quantitative estimate of drug-likeness (QED) is 0.526. The van der Waals surface area contributed by atoms with Crippen LogP contribution < -0.4 is 4.74 Å². The van der Waals surface area contributed by atoms with Crippen molar-refractivity contribution in [2.75, 3.05) is 13.7 Å². The van der Waals surface area contributed by atoms with Gasteiger partial charge in [0.25, 0.3) is 0 Å². The Morgan fingerprint density at radius 2 is 1.77 bits per heavy atom. The average molecular weight is 414 g/mol. The van der Waals surface area contributed by atoms with Crippen LogP contribution in [0.5, 0.6) is 5.75 Å². The first-order valence-electron chi connectivity index (χ1n) is 10.6. The number of hydrogen-bond donors (Lipinski definition) is 1. The largest absolute Gasteiger partial charge is 0.497 e. The van der Waals surface area contributed by atoms with E-state index >= 15 is 0 Å². The van der Waals surface area contributed by atoms with E-state index in [0.717, 1.165) is 49.4 Å². The smallest absolute Gasteiger partial charge is 0.338 e. The zero-order valence-electron chi connectivity index (χ0n) is 18.1. The van der Waals surface area contributed by atoms with Crippen molar-refractivity contribution in [2.24, 2.45) is 0 Å². The minimum absolute atomic E-state index is 0.244. The number of ether oxygens (including phenoxy) is 2. The minimum atomic E-state index is -1.44. The van der Waals surface area contributed by atoms with Gasteiger partial charge in [0.05, 0.1) is 7.11 Å². The van der Waals surface area contributed by atoms with E-state index in [1.807, 2.05) is 44.2 Å². The molecule has 1 saturated carbocycles. The average Bonchev–Trinajstić information content (AvgIpc) is 3.04. The van der Waals surface area contributed by atoms with Crippen LogP contribution in [-0.4, -0.2) is 40.7 Å². The maximum absolute atomic E-state index is 12.7. The Morgan fingerprint density at radius 3 is 2.40 bits per heavy atom. The third-order valence-electron chi connectivity index (χ3n) is 6.05. The molecule has 2 aromatic rings. The van der Waals surface area contributed by atoms with Gasteiger partial charge in [0.2, 0.25) is 5.78 Å². The fraction of sp³-hybridized carbons (Fsp3) is 0.500. The summed E-state index contributed by atoms with van der Waals surface area (Å²) in [4.78, 5) is 25.0. The second-order valence-corrected chi connectivity index (χ2v) is 8.13. The number of methoxy groups -OCH3 is 1. The Bertz CT molecular complexity index is 891. The molecule has 3 rings (SSSR count). The normalized spacial score (nSPS) is 15.6. The van der Waals surface area contributed by atoms with Gasteiger partial charge in [0, 0.05) is 23.5 Å². The van der Waals surface area contributed by atoms with Crippen LogP contribution in [0.25, 0.3) is 0 Å². The van der Waals surface area contributed by atoms with E-state index in [0.29, 0.717) is 18.4 Å². The molecule has 6 nitrogen and oxygen atoms in total. The molecule has 0 saturated heterocycles. The third kappa shape index (κ3) is 4.93. The molecule has 30 heavy (non-hydrogen) atoms. The predicted octanol–water partition coefficient (Wildman–Crippen LogP) is 3.78. The summed E-state index contributed by atoms with van der Waals surface area (Å²) in [5.74, 6) is -0.0946. The number of hydrogen-bond acceptors (Lipinski definition) is 5. The van der Waals surface area contributed by atoms with Gasteiger partial charge in [-0.2, -0.15) is 0 Å². The first-order chi connectivity index (χ1) is 14.3. The van der Waals surface area contributed by atoms with Crippen LogP contribution >= 0.6 is 0 Å². The molecule has 6 heteroatoms. The number of benzene rings is 1. The second kappa shape index (κ2) is 9.47. The number of rotatable bonds is 8. The minimum Gasteiger partial charge on any atom is -0.497 e. The predicted molar refractivity (Wildman–Crippen MR) is 114 cm³/mol. The van der Waals surface area contributed by atoms with Crippen molar-refractivity contribution in [1.82, 2.24) is 4.57 Å². The molecular weight excluding hydrogens is 382 g/mol. The number of carbonyl (C=O) groups is 2. The van der Waals surface area contributed by atoms with Gasteiger partial charge in [-0.15, -0.1) is 0 Å². The summed E-state index contributed by atoms with van der Waals surface area (Å²) in [6.07, 6.45) is 4.25. The third-order valence-corrected chi connectivity index (χ3v) is 6.05. The van der Waals surface area contributed by atoms with E-state index in [9.17, 15) is 14.7 Å². The van der Waals surface area contributed by atoms with Gasteiger partial charge in [-0.25, -0.2) is 4.79 Å². The van der Waals surface area contributed by atoms with E-state index in [1.165, 1.54) is 5.56 Å². The fourth-order valence-corrected chi connectivity index (χ4v) is 4.14. The SMILES string of the molecule is COc1ccc(CCn2c(C)cc(C(=O)COC(=O)C3(O)CCCCC3)c2C)cc1. The Kier molecular flexibility index (Phi) is 6.98. The first-order valence-corrected chi connectivity index (χ1v) is 10.6. The molecule has 162 valence electrons. The van der Waals surface area contributed by atoms with Crippen molar-refractivity contribution in [3.63, 3.8) is 0 Å².